The van der Waals surface area contributed by atoms with Crippen LogP contribution < -0.4 is 10.5 Å². The molecule has 5 heteroatoms. The first-order chi connectivity index (χ1) is 9.51. The van der Waals surface area contributed by atoms with Crippen molar-refractivity contribution in [1.29, 1.82) is 0 Å². The number of ether oxygens (including phenoxy) is 1. The molecule has 2 aromatic rings. The van der Waals surface area contributed by atoms with Crippen LogP contribution in [-0.4, -0.2) is 7.11 Å². The maximum absolute atomic E-state index is 13.1. The largest absolute Gasteiger partial charge is 0.497 e. The Hall–Kier alpha value is -1.10. The molecule has 2 nitrogen and oxygen atoms in total. The Morgan fingerprint density at radius 2 is 2.05 bits per heavy atom. The van der Waals surface area contributed by atoms with E-state index in [4.69, 9.17) is 22.1 Å². The Balaban J connectivity index is 2.25. The minimum absolute atomic E-state index is 0.313. The second-order valence-corrected chi connectivity index (χ2v) is 5.70. The van der Waals surface area contributed by atoms with E-state index >= 15 is 0 Å². The molecule has 0 spiro atoms. The molecule has 1 atom stereocenters. The molecule has 2 N–H and O–H groups in total. The SMILES string of the molecule is COc1ccc(Br)c(CC(N)c2ccc(F)cc2Cl)c1. The van der Waals surface area contributed by atoms with Crippen molar-refractivity contribution in [2.24, 2.45) is 5.73 Å². The summed E-state index contributed by atoms with van der Waals surface area (Å²) in [5, 5.41) is 0.344. The molecule has 20 heavy (non-hydrogen) atoms. The van der Waals surface area contributed by atoms with Crippen LogP contribution in [-0.2, 0) is 6.42 Å². The molecule has 0 aliphatic heterocycles. The van der Waals surface area contributed by atoms with Crippen LogP contribution in [0.1, 0.15) is 17.2 Å². The predicted molar refractivity (Wildman–Crippen MR) is 82.7 cm³/mol. The number of methoxy groups -OCH3 is 1. The van der Waals surface area contributed by atoms with E-state index in [0.717, 1.165) is 21.3 Å². The highest BCUT2D eigenvalue weighted by atomic mass is 79.9. The quantitative estimate of drug-likeness (QED) is 0.874. The first kappa shape index (κ1) is 15.3. The van der Waals surface area contributed by atoms with Crippen molar-refractivity contribution in [2.75, 3.05) is 7.11 Å². The molecular weight excluding hydrogens is 345 g/mol. The zero-order chi connectivity index (χ0) is 14.7. The van der Waals surface area contributed by atoms with Crippen LogP contribution in [0.2, 0.25) is 5.02 Å². The minimum Gasteiger partial charge on any atom is -0.497 e. The summed E-state index contributed by atoms with van der Waals surface area (Å²) in [4.78, 5) is 0. The Morgan fingerprint density at radius 1 is 1.30 bits per heavy atom. The maximum Gasteiger partial charge on any atom is 0.124 e. The zero-order valence-corrected chi connectivity index (χ0v) is 13.2. The Kier molecular flexibility index (Phi) is 5.02. The van der Waals surface area contributed by atoms with Crippen LogP contribution in [0.3, 0.4) is 0 Å². The molecule has 0 heterocycles. The third-order valence-corrected chi connectivity index (χ3v) is 4.16. The number of rotatable bonds is 4. The van der Waals surface area contributed by atoms with Crippen LogP contribution in [0.25, 0.3) is 0 Å². The highest BCUT2D eigenvalue weighted by Gasteiger charge is 2.14. The van der Waals surface area contributed by atoms with Gasteiger partial charge in [-0.15, -0.1) is 0 Å². The lowest BCUT2D eigenvalue weighted by Gasteiger charge is -2.15. The smallest absolute Gasteiger partial charge is 0.124 e. The highest BCUT2D eigenvalue weighted by Crippen LogP contribution is 2.29. The third kappa shape index (κ3) is 3.51. The van der Waals surface area contributed by atoms with Crippen molar-refractivity contribution < 1.29 is 9.13 Å². The van der Waals surface area contributed by atoms with E-state index in [9.17, 15) is 4.39 Å². The lowest BCUT2D eigenvalue weighted by molar-refractivity contribution is 0.414. The van der Waals surface area contributed by atoms with Gasteiger partial charge < -0.3 is 10.5 Å². The predicted octanol–water partition coefficient (Wildman–Crippen LogP) is 4.49. The van der Waals surface area contributed by atoms with Crippen LogP contribution in [0.5, 0.6) is 5.75 Å². The van der Waals surface area contributed by atoms with Gasteiger partial charge >= 0.3 is 0 Å². The van der Waals surface area contributed by atoms with Gasteiger partial charge in [0.15, 0.2) is 0 Å². The van der Waals surface area contributed by atoms with Crippen molar-refractivity contribution in [1.82, 2.24) is 0 Å². The van der Waals surface area contributed by atoms with Crippen LogP contribution in [0, 0.1) is 5.82 Å². The second-order valence-electron chi connectivity index (χ2n) is 4.43. The van der Waals surface area contributed by atoms with E-state index in [-0.39, 0.29) is 11.9 Å². The molecule has 106 valence electrons. The van der Waals surface area contributed by atoms with E-state index in [2.05, 4.69) is 15.9 Å². The Labute approximate surface area is 130 Å². The van der Waals surface area contributed by atoms with Gasteiger partial charge in [-0.05, 0) is 47.9 Å². The summed E-state index contributed by atoms with van der Waals surface area (Å²) in [7, 11) is 1.61. The van der Waals surface area contributed by atoms with Crippen LogP contribution in [0.4, 0.5) is 4.39 Å². The van der Waals surface area contributed by atoms with Gasteiger partial charge in [-0.25, -0.2) is 4.39 Å². The number of benzene rings is 2. The number of hydrogen-bond acceptors (Lipinski definition) is 2. The van der Waals surface area contributed by atoms with Gasteiger partial charge in [0, 0.05) is 15.5 Å². The Bertz CT molecular complexity index is 621. The minimum atomic E-state index is -0.367. The van der Waals surface area contributed by atoms with Crippen molar-refractivity contribution in [2.45, 2.75) is 12.5 Å². The summed E-state index contributed by atoms with van der Waals surface area (Å²) >= 11 is 9.52. The molecule has 0 amide bonds. The van der Waals surface area contributed by atoms with Crippen molar-refractivity contribution in [3.63, 3.8) is 0 Å². The van der Waals surface area contributed by atoms with E-state index < -0.39 is 0 Å². The van der Waals surface area contributed by atoms with Gasteiger partial charge in [0.25, 0.3) is 0 Å². The molecule has 2 aromatic carbocycles. The fourth-order valence-electron chi connectivity index (χ4n) is 1.98. The first-order valence-electron chi connectivity index (χ1n) is 6.04. The summed E-state index contributed by atoms with van der Waals surface area (Å²) in [5.74, 6) is 0.397. The molecule has 1 unspecified atom stereocenters. The molecular formula is C15H14BrClFNO. The van der Waals surface area contributed by atoms with Gasteiger partial charge in [-0.2, -0.15) is 0 Å². The monoisotopic (exact) mass is 357 g/mol. The van der Waals surface area contributed by atoms with Gasteiger partial charge in [-0.3, -0.25) is 0 Å². The van der Waals surface area contributed by atoms with Crippen molar-refractivity contribution in [3.05, 3.63) is 62.8 Å². The van der Waals surface area contributed by atoms with E-state index in [1.165, 1.54) is 12.1 Å². The maximum atomic E-state index is 13.1. The van der Waals surface area contributed by atoms with Crippen LogP contribution >= 0.6 is 27.5 Å². The zero-order valence-electron chi connectivity index (χ0n) is 10.9. The molecule has 0 fully saturated rings. The highest BCUT2D eigenvalue weighted by molar-refractivity contribution is 9.10. The van der Waals surface area contributed by atoms with Crippen molar-refractivity contribution >= 4 is 27.5 Å². The Morgan fingerprint density at radius 3 is 2.70 bits per heavy atom. The van der Waals surface area contributed by atoms with Gasteiger partial charge in [0.1, 0.15) is 11.6 Å². The summed E-state index contributed by atoms with van der Waals surface area (Å²) in [6, 6.07) is 9.64. The van der Waals surface area contributed by atoms with Gasteiger partial charge in [0.2, 0.25) is 0 Å². The lowest BCUT2D eigenvalue weighted by Crippen LogP contribution is -2.14. The fraction of sp³-hybridized carbons (Fsp3) is 0.200. The molecule has 0 aromatic heterocycles. The summed E-state index contributed by atoms with van der Waals surface area (Å²) in [6.45, 7) is 0. The van der Waals surface area contributed by atoms with Gasteiger partial charge in [-0.1, -0.05) is 33.6 Å². The lowest BCUT2D eigenvalue weighted by atomic mass is 9.99. The molecule has 2 rings (SSSR count). The standard InChI is InChI=1S/C15H14BrClFNO/c1-20-11-3-5-13(16)9(6-11)7-15(19)12-4-2-10(18)8-14(12)17/h2-6,8,15H,7,19H2,1H3. The molecule has 0 aliphatic carbocycles. The average Bonchev–Trinajstić information content (AvgIpc) is 2.41. The molecule has 0 aliphatic rings. The first-order valence-corrected chi connectivity index (χ1v) is 7.21. The summed E-state index contributed by atoms with van der Waals surface area (Å²) < 4.78 is 19.2. The number of halogens is 3. The van der Waals surface area contributed by atoms with Crippen molar-refractivity contribution in [3.8, 4) is 5.75 Å². The molecule has 0 radical (unpaired) electrons. The van der Waals surface area contributed by atoms with E-state index in [1.807, 2.05) is 18.2 Å². The normalized spacial score (nSPS) is 12.2. The third-order valence-electron chi connectivity index (χ3n) is 3.05. The number of hydrogen-bond donors (Lipinski definition) is 1. The van der Waals surface area contributed by atoms with Crippen LogP contribution in [0.15, 0.2) is 40.9 Å². The van der Waals surface area contributed by atoms with E-state index in [1.54, 1.807) is 13.2 Å². The summed E-state index contributed by atoms with van der Waals surface area (Å²) in [6.07, 6.45) is 0.573. The summed E-state index contributed by atoms with van der Waals surface area (Å²) in [5.41, 5.74) is 7.91. The van der Waals surface area contributed by atoms with E-state index in [0.29, 0.717) is 11.4 Å². The second kappa shape index (κ2) is 6.57. The average molecular weight is 359 g/mol. The fourth-order valence-corrected chi connectivity index (χ4v) is 2.70. The van der Waals surface area contributed by atoms with Gasteiger partial charge in [0.05, 0.1) is 7.11 Å². The topological polar surface area (TPSA) is 35.2 Å². The number of nitrogens with two attached hydrogens (primary N) is 1. The molecule has 0 saturated heterocycles. The molecule has 0 bridgehead atoms. The molecule has 0 saturated carbocycles.